The molecule has 2 aliphatic heterocycles. The van der Waals surface area contributed by atoms with Crippen LogP contribution in [-0.4, -0.2) is 60.5 Å². The molecule has 2 saturated heterocycles. The summed E-state index contributed by atoms with van der Waals surface area (Å²) in [7, 11) is 0. The van der Waals surface area contributed by atoms with Crippen LogP contribution in [0.1, 0.15) is 68.9 Å². The highest BCUT2D eigenvalue weighted by atomic mass is 32.2. The molecule has 3 atom stereocenters. The third kappa shape index (κ3) is 11.9. The Kier molecular flexibility index (Phi) is 14.5. The molecule has 2 aliphatic rings. The summed E-state index contributed by atoms with van der Waals surface area (Å²) < 4.78 is 2.22. The lowest BCUT2D eigenvalue weighted by molar-refractivity contribution is -0.697. The van der Waals surface area contributed by atoms with Gasteiger partial charge in [-0.05, 0) is 68.2 Å². The SMILES string of the molecule is O=C1NC2CSC(CCCCONCCCCCNOCCCCC[n+]3ccc(/C=C/c4ccc(O)cc4)cc3)C2N1. The standard InChI is InChI=1S/C32H47N5O4S/c38-28-14-12-26(13-15-28)10-11-27-16-21-37(22-17-27)20-6-2-7-23-40-33-18-4-1-5-19-34-41-24-8-3-9-30-31-29(25-42-30)35-32(39)36-31/h10-17,21-22,29-31,33-34H,1-9,18-20,23-25H2,(H2,35,36,39)/p+1. The number of hydrogen-bond acceptors (Lipinski definition) is 7. The number of hydrogen-bond donors (Lipinski definition) is 5. The van der Waals surface area contributed by atoms with Crippen molar-refractivity contribution < 1.29 is 24.1 Å². The molecule has 9 nitrogen and oxygen atoms in total. The molecule has 2 fully saturated rings. The van der Waals surface area contributed by atoms with Crippen LogP contribution in [0.3, 0.4) is 0 Å². The smallest absolute Gasteiger partial charge is 0.315 e. The van der Waals surface area contributed by atoms with E-state index in [1.54, 1.807) is 12.1 Å². The molecule has 3 unspecified atom stereocenters. The molecule has 0 aliphatic carbocycles. The van der Waals surface area contributed by atoms with Crippen molar-refractivity contribution in [2.75, 3.05) is 32.1 Å². The van der Waals surface area contributed by atoms with E-state index in [2.05, 4.69) is 56.8 Å². The van der Waals surface area contributed by atoms with Gasteiger partial charge in [0, 0.05) is 42.6 Å². The van der Waals surface area contributed by atoms with Crippen molar-refractivity contribution in [1.82, 2.24) is 21.6 Å². The number of phenols is 1. The van der Waals surface area contributed by atoms with Gasteiger partial charge >= 0.3 is 6.03 Å². The molecule has 0 radical (unpaired) electrons. The number of carbonyl (C=O) groups excluding carboxylic acids is 1. The lowest BCUT2D eigenvalue weighted by Gasteiger charge is -2.16. The minimum Gasteiger partial charge on any atom is -0.508 e. The quantitative estimate of drug-likeness (QED) is 0.0620. The van der Waals surface area contributed by atoms with Gasteiger partial charge in [0.25, 0.3) is 0 Å². The van der Waals surface area contributed by atoms with Crippen molar-refractivity contribution in [3.05, 3.63) is 59.9 Å². The van der Waals surface area contributed by atoms with E-state index in [-0.39, 0.29) is 11.8 Å². The number of thioether (sulfide) groups is 1. The van der Waals surface area contributed by atoms with Crippen LogP contribution in [0.2, 0.25) is 0 Å². The van der Waals surface area contributed by atoms with Crippen molar-refractivity contribution >= 4 is 29.9 Å². The van der Waals surface area contributed by atoms with E-state index in [0.29, 0.717) is 17.3 Å². The fourth-order valence-corrected chi connectivity index (χ4v) is 6.72. The summed E-state index contributed by atoms with van der Waals surface area (Å²) >= 11 is 1.97. The summed E-state index contributed by atoms with van der Waals surface area (Å²) in [4.78, 5) is 22.6. The molecule has 10 heteroatoms. The number of benzene rings is 1. The van der Waals surface area contributed by atoms with Gasteiger partial charge in [-0.3, -0.25) is 0 Å². The van der Waals surface area contributed by atoms with Gasteiger partial charge in [-0.1, -0.05) is 30.7 Å². The monoisotopic (exact) mass is 598 g/mol. The molecule has 0 saturated carbocycles. The highest BCUT2D eigenvalue weighted by Gasteiger charge is 2.42. The van der Waals surface area contributed by atoms with Gasteiger partial charge in [0.15, 0.2) is 12.4 Å². The molecule has 0 spiro atoms. The summed E-state index contributed by atoms with van der Waals surface area (Å²) in [5.74, 6) is 1.31. The van der Waals surface area contributed by atoms with Crippen LogP contribution in [-0.2, 0) is 16.2 Å². The van der Waals surface area contributed by atoms with Gasteiger partial charge in [0.2, 0.25) is 0 Å². The molecule has 2 amide bonds. The van der Waals surface area contributed by atoms with Gasteiger partial charge in [-0.25, -0.2) is 20.3 Å². The average Bonchev–Trinajstić information content (AvgIpc) is 3.56. The zero-order valence-electron chi connectivity index (χ0n) is 24.6. The van der Waals surface area contributed by atoms with E-state index in [9.17, 15) is 9.90 Å². The second-order valence-electron chi connectivity index (χ2n) is 11.0. The van der Waals surface area contributed by atoms with Crippen LogP contribution in [0.15, 0.2) is 48.8 Å². The van der Waals surface area contributed by atoms with Crippen LogP contribution in [0.5, 0.6) is 5.75 Å². The predicted molar refractivity (Wildman–Crippen MR) is 169 cm³/mol. The molecule has 4 rings (SSSR count). The Bertz CT molecular complexity index is 1070. The van der Waals surface area contributed by atoms with Gasteiger partial charge in [-0.15, -0.1) is 0 Å². The number of nitrogens with one attached hydrogen (secondary N) is 4. The first-order valence-corrected chi connectivity index (χ1v) is 16.6. The summed E-state index contributed by atoms with van der Waals surface area (Å²) in [6.07, 6.45) is 18.3. The first-order valence-electron chi connectivity index (χ1n) is 15.5. The Morgan fingerprint density at radius 3 is 2.19 bits per heavy atom. The number of urea groups is 1. The van der Waals surface area contributed by atoms with Crippen LogP contribution in [0, 0.1) is 0 Å². The molecule has 42 heavy (non-hydrogen) atoms. The van der Waals surface area contributed by atoms with Crippen LogP contribution in [0.4, 0.5) is 4.79 Å². The molecule has 0 bridgehead atoms. The molecular weight excluding hydrogens is 550 g/mol. The first-order chi connectivity index (χ1) is 20.7. The molecule has 1 aromatic heterocycles. The van der Waals surface area contributed by atoms with Crippen molar-refractivity contribution in [2.24, 2.45) is 0 Å². The third-order valence-electron chi connectivity index (χ3n) is 7.63. The topological polar surface area (TPSA) is 108 Å². The summed E-state index contributed by atoms with van der Waals surface area (Å²) in [5.41, 5.74) is 8.39. The van der Waals surface area contributed by atoms with Crippen molar-refractivity contribution in [2.45, 2.75) is 81.7 Å². The lowest BCUT2D eigenvalue weighted by Crippen LogP contribution is -2.36. The van der Waals surface area contributed by atoms with Gasteiger partial charge in [0.1, 0.15) is 12.3 Å². The maximum Gasteiger partial charge on any atom is 0.315 e. The van der Waals surface area contributed by atoms with E-state index in [1.165, 1.54) is 0 Å². The average molecular weight is 599 g/mol. The number of unbranched alkanes of at least 4 members (excludes halogenated alkanes) is 5. The second kappa shape index (κ2) is 18.8. The highest BCUT2D eigenvalue weighted by Crippen LogP contribution is 2.33. The van der Waals surface area contributed by atoms with E-state index < -0.39 is 0 Å². The molecule has 2 aromatic rings. The van der Waals surface area contributed by atoms with Crippen molar-refractivity contribution in [1.29, 1.82) is 0 Å². The van der Waals surface area contributed by atoms with Gasteiger partial charge in [-0.2, -0.15) is 11.8 Å². The van der Waals surface area contributed by atoms with Crippen molar-refractivity contribution in [3.8, 4) is 5.75 Å². The Labute approximate surface area is 254 Å². The number of rotatable bonds is 21. The maximum absolute atomic E-state index is 11.4. The maximum atomic E-state index is 11.4. The van der Waals surface area contributed by atoms with Crippen LogP contribution >= 0.6 is 11.8 Å². The van der Waals surface area contributed by atoms with Crippen LogP contribution in [0.25, 0.3) is 12.2 Å². The molecule has 230 valence electrons. The number of fused-ring (bicyclic) bond motifs is 1. The number of amides is 2. The minimum absolute atomic E-state index is 0.00986. The Morgan fingerprint density at radius 2 is 1.48 bits per heavy atom. The third-order valence-corrected chi connectivity index (χ3v) is 9.13. The first kappa shape index (κ1) is 32.3. The second-order valence-corrected chi connectivity index (χ2v) is 12.3. The number of nitrogens with zero attached hydrogens (tertiary/aromatic N) is 1. The number of aromatic hydroxyl groups is 1. The number of phenolic OH excluding ortho intramolecular Hbond substituents is 1. The summed E-state index contributed by atoms with van der Waals surface area (Å²) in [6.45, 7) is 4.23. The van der Waals surface area contributed by atoms with E-state index in [1.807, 2.05) is 30.0 Å². The normalized spacial score (nSPS) is 19.7. The molecule has 3 heterocycles. The highest BCUT2D eigenvalue weighted by molar-refractivity contribution is 8.00. The number of carbonyl (C=O) groups is 1. The fourth-order valence-electron chi connectivity index (χ4n) is 5.17. The minimum atomic E-state index is -0.00986. The Morgan fingerprint density at radius 1 is 0.833 bits per heavy atom. The number of hydroxylamine groups is 2. The lowest BCUT2D eigenvalue weighted by atomic mass is 10.0. The van der Waals surface area contributed by atoms with Gasteiger partial charge in [0.05, 0.1) is 25.3 Å². The molecule has 5 N–H and O–H groups in total. The zero-order chi connectivity index (χ0) is 29.2. The zero-order valence-corrected chi connectivity index (χ0v) is 25.5. The molecule has 1 aromatic carbocycles. The molecular formula is C32H48N5O4S+. The summed E-state index contributed by atoms with van der Waals surface area (Å²) in [6, 6.07) is 12.0. The number of aryl methyl sites for hydroxylation is 1. The number of pyridine rings is 1. The number of aromatic nitrogens is 1. The van der Waals surface area contributed by atoms with Crippen LogP contribution < -0.4 is 26.2 Å². The van der Waals surface area contributed by atoms with Crippen molar-refractivity contribution in [3.63, 3.8) is 0 Å². The van der Waals surface area contributed by atoms with E-state index in [4.69, 9.17) is 9.68 Å². The largest absolute Gasteiger partial charge is 0.508 e. The Hall–Kier alpha value is -2.63. The predicted octanol–water partition coefficient (Wildman–Crippen LogP) is 4.57. The Balaban J connectivity index is 0.871. The van der Waals surface area contributed by atoms with E-state index in [0.717, 1.165) is 108 Å². The van der Waals surface area contributed by atoms with E-state index >= 15 is 0 Å². The van der Waals surface area contributed by atoms with Gasteiger partial charge < -0.3 is 25.4 Å². The summed E-state index contributed by atoms with van der Waals surface area (Å²) in [5, 5.41) is 16.0. The fraction of sp³-hybridized carbons (Fsp3) is 0.562.